The van der Waals surface area contributed by atoms with Gasteiger partial charge < -0.3 is 10.4 Å². The van der Waals surface area contributed by atoms with Gasteiger partial charge in [0.15, 0.2) is 5.69 Å². The Kier molecular flexibility index (Phi) is 4.22. The van der Waals surface area contributed by atoms with E-state index < -0.39 is 5.97 Å². The van der Waals surface area contributed by atoms with Gasteiger partial charge in [-0.15, -0.1) is 10.2 Å². The van der Waals surface area contributed by atoms with Gasteiger partial charge in [-0.25, -0.2) is 4.79 Å². The average Bonchev–Trinajstić information content (AvgIpc) is 2.26. The molecule has 1 heterocycles. The van der Waals surface area contributed by atoms with Crippen molar-refractivity contribution < 1.29 is 9.90 Å². The summed E-state index contributed by atoms with van der Waals surface area (Å²) in [6.07, 6.45) is 0.986. The standard InChI is InChI=1S/C11H17N3O2/c1-4-8(7(2)3)12-10-6-5-9(11(15)16)13-14-10/h5-8H,4H2,1-3H3,(H,12,14)(H,15,16). The fourth-order valence-electron chi connectivity index (χ4n) is 1.45. The minimum Gasteiger partial charge on any atom is -0.476 e. The van der Waals surface area contributed by atoms with Crippen molar-refractivity contribution in [1.29, 1.82) is 0 Å². The van der Waals surface area contributed by atoms with Crippen LogP contribution in [0.25, 0.3) is 0 Å². The van der Waals surface area contributed by atoms with E-state index in [0.29, 0.717) is 17.8 Å². The average molecular weight is 223 g/mol. The predicted octanol–water partition coefficient (Wildman–Crippen LogP) is 2.02. The van der Waals surface area contributed by atoms with Crippen molar-refractivity contribution in [2.24, 2.45) is 5.92 Å². The lowest BCUT2D eigenvalue weighted by Gasteiger charge is -2.20. The molecule has 0 bridgehead atoms. The normalized spacial score (nSPS) is 12.5. The van der Waals surface area contributed by atoms with Crippen molar-refractivity contribution in [2.75, 3.05) is 5.32 Å². The number of nitrogens with one attached hydrogen (secondary N) is 1. The summed E-state index contributed by atoms with van der Waals surface area (Å²) in [5.41, 5.74) is -0.0388. The van der Waals surface area contributed by atoms with E-state index in [4.69, 9.17) is 5.11 Å². The van der Waals surface area contributed by atoms with Crippen LogP contribution in [-0.2, 0) is 0 Å². The molecule has 0 saturated heterocycles. The highest BCUT2D eigenvalue weighted by molar-refractivity contribution is 5.85. The van der Waals surface area contributed by atoms with Crippen molar-refractivity contribution >= 4 is 11.8 Å². The Balaban J connectivity index is 2.71. The summed E-state index contributed by atoms with van der Waals surface area (Å²) in [6, 6.07) is 3.41. The van der Waals surface area contributed by atoms with Crippen LogP contribution in [0.1, 0.15) is 37.7 Å². The second kappa shape index (κ2) is 5.44. The highest BCUT2D eigenvalue weighted by atomic mass is 16.4. The first-order chi connectivity index (χ1) is 7.54. The molecule has 5 nitrogen and oxygen atoms in total. The monoisotopic (exact) mass is 223 g/mol. The largest absolute Gasteiger partial charge is 0.476 e. The number of anilines is 1. The van der Waals surface area contributed by atoms with Gasteiger partial charge in [0.05, 0.1) is 0 Å². The van der Waals surface area contributed by atoms with Gasteiger partial charge in [-0.2, -0.15) is 0 Å². The molecule has 1 rings (SSSR count). The van der Waals surface area contributed by atoms with Crippen LogP contribution in [0.3, 0.4) is 0 Å². The third-order valence-electron chi connectivity index (χ3n) is 2.46. The Morgan fingerprint density at radius 3 is 2.50 bits per heavy atom. The van der Waals surface area contributed by atoms with Gasteiger partial charge in [-0.05, 0) is 24.5 Å². The molecule has 2 N–H and O–H groups in total. The van der Waals surface area contributed by atoms with Crippen LogP contribution in [0, 0.1) is 5.92 Å². The van der Waals surface area contributed by atoms with Crippen LogP contribution in [0.2, 0.25) is 0 Å². The molecule has 16 heavy (non-hydrogen) atoms. The second-order valence-electron chi connectivity index (χ2n) is 4.01. The first-order valence-corrected chi connectivity index (χ1v) is 5.38. The predicted molar refractivity (Wildman–Crippen MR) is 61.5 cm³/mol. The van der Waals surface area contributed by atoms with E-state index in [1.54, 1.807) is 6.07 Å². The minimum atomic E-state index is -1.06. The lowest BCUT2D eigenvalue weighted by atomic mass is 10.0. The first-order valence-electron chi connectivity index (χ1n) is 5.38. The molecule has 88 valence electrons. The number of aromatic carboxylic acids is 1. The maximum absolute atomic E-state index is 10.6. The van der Waals surface area contributed by atoms with Crippen molar-refractivity contribution in [3.05, 3.63) is 17.8 Å². The molecule has 5 heteroatoms. The zero-order valence-corrected chi connectivity index (χ0v) is 9.77. The molecule has 1 aromatic rings. The summed E-state index contributed by atoms with van der Waals surface area (Å²) in [4.78, 5) is 10.6. The molecule has 1 atom stereocenters. The van der Waals surface area contributed by atoms with E-state index in [9.17, 15) is 4.79 Å². The third-order valence-corrected chi connectivity index (χ3v) is 2.46. The summed E-state index contributed by atoms with van der Waals surface area (Å²) in [5, 5.41) is 19.3. The fourth-order valence-corrected chi connectivity index (χ4v) is 1.45. The van der Waals surface area contributed by atoms with E-state index in [0.717, 1.165) is 6.42 Å². The third kappa shape index (κ3) is 3.18. The van der Waals surface area contributed by atoms with Crippen molar-refractivity contribution in [3.63, 3.8) is 0 Å². The molecular weight excluding hydrogens is 206 g/mol. The Morgan fingerprint density at radius 1 is 1.44 bits per heavy atom. The molecule has 0 radical (unpaired) electrons. The number of carboxylic acids is 1. The van der Waals surface area contributed by atoms with Crippen LogP contribution in [0.4, 0.5) is 5.82 Å². The van der Waals surface area contributed by atoms with Gasteiger partial charge in [-0.1, -0.05) is 20.8 Å². The number of hydrogen-bond donors (Lipinski definition) is 2. The van der Waals surface area contributed by atoms with Crippen LogP contribution in [-0.4, -0.2) is 27.3 Å². The smallest absolute Gasteiger partial charge is 0.356 e. The summed E-state index contributed by atoms with van der Waals surface area (Å²) in [5.74, 6) is 0.0476. The van der Waals surface area contributed by atoms with Gasteiger partial charge in [0.2, 0.25) is 0 Å². The topological polar surface area (TPSA) is 75.1 Å². The van der Waals surface area contributed by atoms with E-state index in [1.807, 2.05) is 0 Å². The van der Waals surface area contributed by atoms with Gasteiger partial charge >= 0.3 is 5.97 Å². The first kappa shape index (κ1) is 12.4. The maximum Gasteiger partial charge on any atom is 0.356 e. The zero-order chi connectivity index (χ0) is 12.1. The van der Waals surface area contributed by atoms with Crippen molar-refractivity contribution in [1.82, 2.24) is 10.2 Å². The van der Waals surface area contributed by atoms with Gasteiger partial charge in [0.1, 0.15) is 5.82 Å². The fraction of sp³-hybridized carbons (Fsp3) is 0.545. The van der Waals surface area contributed by atoms with Crippen LogP contribution >= 0.6 is 0 Å². The Bertz CT molecular complexity index is 349. The Morgan fingerprint density at radius 2 is 2.12 bits per heavy atom. The highest BCUT2D eigenvalue weighted by Gasteiger charge is 2.12. The molecule has 0 aliphatic rings. The highest BCUT2D eigenvalue weighted by Crippen LogP contribution is 2.12. The van der Waals surface area contributed by atoms with E-state index >= 15 is 0 Å². The SMILES string of the molecule is CCC(Nc1ccc(C(=O)O)nn1)C(C)C. The number of hydrogen-bond acceptors (Lipinski definition) is 4. The lowest BCUT2D eigenvalue weighted by Crippen LogP contribution is -2.25. The number of carboxylic acid groups (broad SMARTS) is 1. The van der Waals surface area contributed by atoms with Gasteiger partial charge in [-0.3, -0.25) is 0 Å². The number of rotatable bonds is 5. The molecule has 1 unspecified atom stereocenters. The molecule has 0 amide bonds. The Hall–Kier alpha value is -1.65. The minimum absolute atomic E-state index is 0.0388. The maximum atomic E-state index is 10.6. The number of carbonyl (C=O) groups is 1. The molecule has 0 fully saturated rings. The van der Waals surface area contributed by atoms with Crippen molar-refractivity contribution in [2.45, 2.75) is 33.2 Å². The molecule has 0 aromatic carbocycles. The molecule has 0 spiro atoms. The van der Waals surface area contributed by atoms with Crippen LogP contribution in [0.5, 0.6) is 0 Å². The van der Waals surface area contributed by atoms with E-state index in [2.05, 4.69) is 36.3 Å². The molecule has 0 saturated carbocycles. The summed E-state index contributed by atoms with van der Waals surface area (Å²) >= 11 is 0. The summed E-state index contributed by atoms with van der Waals surface area (Å²) < 4.78 is 0. The number of aromatic nitrogens is 2. The molecule has 1 aromatic heterocycles. The number of nitrogens with zero attached hydrogens (tertiary/aromatic N) is 2. The summed E-state index contributed by atoms with van der Waals surface area (Å²) in [7, 11) is 0. The van der Waals surface area contributed by atoms with Gasteiger partial charge in [0, 0.05) is 6.04 Å². The Labute approximate surface area is 94.9 Å². The second-order valence-corrected chi connectivity index (χ2v) is 4.01. The molecule has 0 aliphatic carbocycles. The summed E-state index contributed by atoms with van der Waals surface area (Å²) in [6.45, 7) is 6.34. The van der Waals surface area contributed by atoms with E-state index in [1.165, 1.54) is 6.07 Å². The van der Waals surface area contributed by atoms with Crippen LogP contribution in [0.15, 0.2) is 12.1 Å². The molecular formula is C11H17N3O2. The van der Waals surface area contributed by atoms with Crippen molar-refractivity contribution in [3.8, 4) is 0 Å². The van der Waals surface area contributed by atoms with E-state index in [-0.39, 0.29) is 5.69 Å². The zero-order valence-electron chi connectivity index (χ0n) is 9.77. The van der Waals surface area contributed by atoms with Gasteiger partial charge in [0.25, 0.3) is 0 Å². The molecule has 0 aliphatic heterocycles. The van der Waals surface area contributed by atoms with Crippen LogP contribution < -0.4 is 5.32 Å². The lowest BCUT2D eigenvalue weighted by molar-refractivity contribution is 0.0689. The quantitative estimate of drug-likeness (QED) is 0.798.